The number of rotatable bonds is 9. The van der Waals surface area contributed by atoms with Crippen molar-refractivity contribution in [2.45, 2.75) is 58.8 Å². The van der Waals surface area contributed by atoms with E-state index in [1.807, 2.05) is 20.8 Å². The summed E-state index contributed by atoms with van der Waals surface area (Å²) in [6, 6.07) is 5.37. The fourth-order valence-corrected chi connectivity index (χ4v) is 2.59. The predicted octanol–water partition coefficient (Wildman–Crippen LogP) is 2.68. The summed E-state index contributed by atoms with van der Waals surface area (Å²) < 4.78 is 0. The fourth-order valence-electron chi connectivity index (χ4n) is 2.59. The zero-order chi connectivity index (χ0) is 18.9. The topological polar surface area (TPSA) is 94.9 Å². The quantitative estimate of drug-likeness (QED) is 0.720. The Hall–Kier alpha value is -2.42. The minimum Gasteiger partial charge on any atom is -0.356 e. The van der Waals surface area contributed by atoms with E-state index in [0.717, 1.165) is 19.3 Å². The van der Waals surface area contributed by atoms with Crippen LogP contribution in [0.4, 0.5) is 0 Å². The number of hydrogen-bond acceptors (Lipinski definition) is 4. The van der Waals surface area contributed by atoms with Crippen LogP contribution in [0.1, 0.15) is 75.1 Å². The molecule has 2 N–H and O–H groups in total. The standard InChI is InChI=1S/C19H28N4O2/c1-5-7-11-19(3,4)17-14(13-20)8-9-15(23-17)18(25)22-12-10-16(24)21-6-2/h8-9H,5-7,10-12H2,1-4H3,(H,21,24)(H,22,25). The van der Waals surface area contributed by atoms with Gasteiger partial charge in [-0.05, 0) is 25.5 Å². The van der Waals surface area contributed by atoms with Gasteiger partial charge in [0, 0.05) is 24.9 Å². The van der Waals surface area contributed by atoms with Crippen molar-refractivity contribution in [2.24, 2.45) is 0 Å². The number of carbonyl (C=O) groups excluding carboxylic acids is 2. The van der Waals surface area contributed by atoms with Crippen molar-refractivity contribution in [3.63, 3.8) is 0 Å². The summed E-state index contributed by atoms with van der Waals surface area (Å²) >= 11 is 0. The molecule has 0 spiro atoms. The van der Waals surface area contributed by atoms with Crippen LogP contribution in [-0.2, 0) is 10.2 Å². The molecule has 1 rings (SSSR count). The van der Waals surface area contributed by atoms with Crippen molar-refractivity contribution >= 4 is 11.8 Å². The van der Waals surface area contributed by atoms with E-state index in [2.05, 4.69) is 28.6 Å². The van der Waals surface area contributed by atoms with Gasteiger partial charge in [-0.25, -0.2) is 4.98 Å². The number of nitrogens with one attached hydrogen (secondary N) is 2. The maximum atomic E-state index is 12.3. The van der Waals surface area contributed by atoms with Crippen LogP contribution < -0.4 is 10.6 Å². The molecule has 136 valence electrons. The van der Waals surface area contributed by atoms with E-state index < -0.39 is 0 Å². The van der Waals surface area contributed by atoms with Crippen molar-refractivity contribution in [1.29, 1.82) is 5.26 Å². The van der Waals surface area contributed by atoms with Crippen LogP contribution in [0.25, 0.3) is 0 Å². The molecule has 0 atom stereocenters. The molecule has 1 heterocycles. The van der Waals surface area contributed by atoms with Crippen molar-refractivity contribution in [1.82, 2.24) is 15.6 Å². The molecule has 1 aromatic rings. The third-order valence-corrected chi connectivity index (χ3v) is 4.06. The van der Waals surface area contributed by atoms with Crippen LogP contribution in [-0.4, -0.2) is 29.9 Å². The molecule has 0 aliphatic carbocycles. The van der Waals surface area contributed by atoms with Gasteiger partial charge in [0.2, 0.25) is 5.91 Å². The Morgan fingerprint density at radius 1 is 1.24 bits per heavy atom. The van der Waals surface area contributed by atoms with Gasteiger partial charge < -0.3 is 10.6 Å². The fraction of sp³-hybridized carbons (Fsp3) is 0.579. The first-order chi connectivity index (χ1) is 11.9. The van der Waals surface area contributed by atoms with Crippen LogP contribution in [0.2, 0.25) is 0 Å². The number of pyridine rings is 1. The highest BCUT2D eigenvalue weighted by atomic mass is 16.2. The Labute approximate surface area is 150 Å². The molecule has 2 amide bonds. The van der Waals surface area contributed by atoms with Gasteiger partial charge in [-0.15, -0.1) is 0 Å². The second-order valence-electron chi connectivity index (χ2n) is 6.65. The summed E-state index contributed by atoms with van der Waals surface area (Å²) in [6.07, 6.45) is 3.21. The molecule has 1 aromatic heterocycles. The smallest absolute Gasteiger partial charge is 0.269 e. The lowest BCUT2D eigenvalue weighted by molar-refractivity contribution is -0.120. The van der Waals surface area contributed by atoms with Crippen LogP contribution in [0.15, 0.2) is 12.1 Å². The van der Waals surface area contributed by atoms with Crippen molar-refractivity contribution < 1.29 is 9.59 Å². The van der Waals surface area contributed by atoms with Gasteiger partial charge in [0.25, 0.3) is 5.91 Å². The number of amides is 2. The summed E-state index contributed by atoms with van der Waals surface area (Å²) in [5, 5.41) is 14.7. The lowest BCUT2D eigenvalue weighted by atomic mass is 9.81. The molecule has 0 fully saturated rings. The lowest BCUT2D eigenvalue weighted by Crippen LogP contribution is -2.31. The van der Waals surface area contributed by atoms with Crippen LogP contribution in [0.5, 0.6) is 0 Å². The van der Waals surface area contributed by atoms with Crippen LogP contribution in [0.3, 0.4) is 0 Å². The third kappa shape index (κ3) is 6.18. The molecule has 0 saturated carbocycles. The Morgan fingerprint density at radius 3 is 2.56 bits per heavy atom. The highest BCUT2D eigenvalue weighted by molar-refractivity contribution is 5.92. The minimum absolute atomic E-state index is 0.100. The van der Waals surface area contributed by atoms with Crippen LogP contribution >= 0.6 is 0 Å². The Morgan fingerprint density at radius 2 is 1.96 bits per heavy atom. The maximum absolute atomic E-state index is 12.3. The largest absolute Gasteiger partial charge is 0.356 e. The first-order valence-corrected chi connectivity index (χ1v) is 8.82. The number of hydrogen-bond donors (Lipinski definition) is 2. The molecule has 0 radical (unpaired) electrons. The average molecular weight is 344 g/mol. The number of aromatic nitrogens is 1. The van der Waals surface area contributed by atoms with Gasteiger partial charge in [0.15, 0.2) is 0 Å². The molecule has 0 bridgehead atoms. The van der Waals surface area contributed by atoms with Gasteiger partial charge in [0.1, 0.15) is 11.8 Å². The Kier molecular flexibility index (Phi) is 8.06. The molecule has 0 unspecified atom stereocenters. The van der Waals surface area contributed by atoms with Crippen LogP contribution in [0, 0.1) is 11.3 Å². The predicted molar refractivity (Wildman–Crippen MR) is 97.1 cm³/mol. The number of nitrogens with zero attached hydrogens (tertiary/aromatic N) is 2. The number of nitriles is 1. The Balaban J connectivity index is 2.88. The van der Waals surface area contributed by atoms with Gasteiger partial charge in [-0.1, -0.05) is 33.6 Å². The molecule has 0 aliphatic rings. The summed E-state index contributed by atoms with van der Waals surface area (Å²) in [5.74, 6) is -0.432. The first kappa shape index (κ1) is 20.6. The zero-order valence-electron chi connectivity index (χ0n) is 15.6. The van der Waals surface area contributed by atoms with E-state index in [4.69, 9.17) is 0 Å². The van der Waals surface area contributed by atoms with Crippen molar-refractivity contribution in [3.05, 3.63) is 29.1 Å². The minimum atomic E-state index is -0.332. The molecule has 0 aliphatic heterocycles. The van der Waals surface area contributed by atoms with E-state index in [1.54, 1.807) is 12.1 Å². The summed E-state index contributed by atoms with van der Waals surface area (Å²) in [4.78, 5) is 28.2. The normalized spacial score (nSPS) is 10.8. The average Bonchev–Trinajstić information content (AvgIpc) is 2.59. The van der Waals surface area contributed by atoms with Crippen molar-refractivity contribution in [2.75, 3.05) is 13.1 Å². The van der Waals surface area contributed by atoms with E-state index in [9.17, 15) is 14.9 Å². The Bertz CT molecular complexity index is 647. The van der Waals surface area contributed by atoms with Crippen molar-refractivity contribution in [3.8, 4) is 6.07 Å². The molecule has 0 saturated heterocycles. The SMILES string of the molecule is CCCCC(C)(C)c1nc(C(=O)NCCC(=O)NCC)ccc1C#N. The van der Waals surface area contributed by atoms with E-state index in [0.29, 0.717) is 17.8 Å². The highest BCUT2D eigenvalue weighted by Crippen LogP contribution is 2.30. The lowest BCUT2D eigenvalue weighted by Gasteiger charge is -2.25. The molecular weight excluding hydrogens is 316 g/mol. The number of carbonyl (C=O) groups is 2. The highest BCUT2D eigenvalue weighted by Gasteiger charge is 2.26. The molecule has 6 nitrogen and oxygen atoms in total. The number of unbranched alkanes of at least 4 members (excludes halogenated alkanes) is 1. The van der Waals surface area contributed by atoms with E-state index in [1.165, 1.54) is 0 Å². The van der Waals surface area contributed by atoms with E-state index >= 15 is 0 Å². The molecule has 0 aromatic carbocycles. The zero-order valence-corrected chi connectivity index (χ0v) is 15.6. The molecule has 6 heteroatoms. The monoisotopic (exact) mass is 344 g/mol. The second kappa shape index (κ2) is 9.77. The molecule has 25 heavy (non-hydrogen) atoms. The summed E-state index contributed by atoms with van der Waals surface area (Å²) in [7, 11) is 0. The third-order valence-electron chi connectivity index (χ3n) is 4.06. The summed E-state index contributed by atoms with van der Waals surface area (Å²) in [5.41, 5.74) is 1.15. The first-order valence-electron chi connectivity index (χ1n) is 8.82. The van der Waals surface area contributed by atoms with Gasteiger partial charge in [0.05, 0.1) is 11.3 Å². The van der Waals surface area contributed by atoms with Gasteiger partial charge in [-0.2, -0.15) is 5.26 Å². The van der Waals surface area contributed by atoms with Gasteiger partial charge >= 0.3 is 0 Å². The second-order valence-corrected chi connectivity index (χ2v) is 6.65. The maximum Gasteiger partial charge on any atom is 0.269 e. The van der Waals surface area contributed by atoms with Gasteiger partial charge in [-0.3, -0.25) is 9.59 Å². The van der Waals surface area contributed by atoms with E-state index in [-0.39, 0.29) is 35.9 Å². The summed E-state index contributed by atoms with van der Waals surface area (Å²) in [6.45, 7) is 8.87. The molecular formula is C19H28N4O2.